The molecule has 1 aliphatic heterocycles. The molecular weight excluding hydrogens is 374 g/mol. The van der Waals surface area contributed by atoms with Gasteiger partial charge in [0.25, 0.3) is 0 Å². The van der Waals surface area contributed by atoms with Gasteiger partial charge in [0.2, 0.25) is 0 Å². The topological polar surface area (TPSA) is 39.9 Å². The van der Waals surface area contributed by atoms with Gasteiger partial charge in [-0.15, -0.1) is 21.5 Å². The van der Waals surface area contributed by atoms with Gasteiger partial charge in [0.1, 0.15) is 12.1 Å². The Hall–Kier alpha value is -1.66. The molecule has 0 bridgehead atoms. The van der Waals surface area contributed by atoms with Crippen LogP contribution in [0.4, 0.5) is 0 Å². The maximum absolute atomic E-state index is 5.91. The lowest BCUT2D eigenvalue weighted by atomic mass is 10.1. The first-order valence-electron chi connectivity index (χ1n) is 7.59. The molecule has 0 aliphatic carbocycles. The van der Waals surface area contributed by atoms with Crippen molar-refractivity contribution >= 4 is 27.3 Å². The molecule has 4 nitrogen and oxygen atoms in total. The SMILES string of the molecule is CC(C)n1cnnc1-c1cc2c(s1)-c1ccc(Br)cc1OCC2. The van der Waals surface area contributed by atoms with E-state index in [1.54, 1.807) is 17.7 Å². The summed E-state index contributed by atoms with van der Waals surface area (Å²) in [6, 6.07) is 8.81. The van der Waals surface area contributed by atoms with E-state index >= 15 is 0 Å². The lowest BCUT2D eigenvalue weighted by molar-refractivity contribution is 0.326. The van der Waals surface area contributed by atoms with Crippen LogP contribution in [0.2, 0.25) is 0 Å². The van der Waals surface area contributed by atoms with Crippen molar-refractivity contribution in [1.82, 2.24) is 14.8 Å². The molecule has 3 heterocycles. The maximum Gasteiger partial charge on any atom is 0.174 e. The minimum Gasteiger partial charge on any atom is -0.493 e. The molecule has 0 saturated heterocycles. The molecule has 0 unspecified atom stereocenters. The summed E-state index contributed by atoms with van der Waals surface area (Å²) < 4.78 is 9.06. The maximum atomic E-state index is 5.91. The van der Waals surface area contributed by atoms with Crippen LogP contribution < -0.4 is 4.74 Å². The van der Waals surface area contributed by atoms with Crippen LogP contribution in [0.1, 0.15) is 25.5 Å². The Morgan fingerprint density at radius 1 is 1.30 bits per heavy atom. The lowest BCUT2D eigenvalue weighted by Crippen LogP contribution is -2.01. The van der Waals surface area contributed by atoms with Crippen LogP contribution in [0.5, 0.6) is 5.75 Å². The van der Waals surface area contributed by atoms with Gasteiger partial charge in [-0.3, -0.25) is 0 Å². The van der Waals surface area contributed by atoms with E-state index in [1.165, 1.54) is 10.4 Å². The van der Waals surface area contributed by atoms with Gasteiger partial charge in [-0.25, -0.2) is 0 Å². The highest BCUT2D eigenvalue weighted by Gasteiger charge is 2.21. The Bertz CT molecular complexity index is 869. The summed E-state index contributed by atoms with van der Waals surface area (Å²) in [6.07, 6.45) is 2.72. The summed E-state index contributed by atoms with van der Waals surface area (Å²) >= 11 is 5.29. The molecular formula is C17H16BrN3OS. The number of nitrogens with zero attached hydrogens (tertiary/aromatic N) is 3. The third-order valence-electron chi connectivity index (χ3n) is 3.98. The molecule has 118 valence electrons. The Balaban J connectivity index is 1.86. The van der Waals surface area contributed by atoms with Gasteiger partial charge in [0, 0.05) is 27.4 Å². The van der Waals surface area contributed by atoms with E-state index in [0.717, 1.165) is 32.9 Å². The second kappa shape index (κ2) is 5.76. The van der Waals surface area contributed by atoms with Crippen molar-refractivity contribution in [3.63, 3.8) is 0 Å². The third kappa shape index (κ3) is 2.60. The second-order valence-electron chi connectivity index (χ2n) is 5.86. The van der Waals surface area contributed by atoms with E-state index in [9.17, 15) is 0 Å². The molecule has 3 aromatic rings. The van der Waals surface area contributed by atoms with E-state index in [1.807, 2.05) is 6.07 Å². The third-order valence-corrected chi connectivity index (χ3v) is 5.68. The summed E-state index contributed by atoms with van der Waals surface area (Å²) in [5.41, 5.74) is 2.48. The molecule has 1 aromatic carbocycles. The van der Waals surface area contributed by atoms with Gasteiger partial charge in [-0.2, -0.15) is 0 Å². The largest absolute Gasteiger partial charge is 0.493 e. The zero-order chi connectivity index (χ0) is 16.0. The fraction of sp³-hybridized carbons (Fsp3) is 0.294. The Kier molecular flexibility index (Phi) is 3.73. The molecule has 0 fully saturated rings. The van der Waals surface area contributed by atoms with E-state index in [-0.39, 0.29) is 0 Å². The van der Waals surface area contributed by atoms with Crippen LogP contribution in [0.25, 0.3) is 21.1 Å². The summed E-state index contributed by atoms with van der Waals surface area (Å²) in [7, 11) is 0. The van der Waals surface area contributed by atoms with E-state index in [2.05, 4.69) is 62.7 Å². The lowest BCUT2D eigenvalue weighted by Gasteiger charge is -2.09. The average molecular weight is 390 g/mol. The van der Waals surface area contributed by atoms with Crippen LogP contribution >= 0.6 is 27.3 Å². The monoisotopic (exact) mass is 389 g/mol. The van der Waals surface area contributed by atoms with Crippen molar-refractivity contribution in [2.45, 2.75) is 26.3 Å². The van der Waals surface area contributed by atoms with Gasteiger partial charge < -0.3 is 9.30 Å². The quantitative estimate of drug-likeness (QED) is 0.622. The van der Waals surface area contributed by atoms with Crippen LogP contribution in [0.3, 0.4) is 0 Å². The molecule has 2 aromatic heterocycles. The Morgan fingerprint density at radius 2 is 2.17 bits per heavy atom. The molecule has 4 rings (SSSR count). The number of ether oxygens (including phenoxy) is 1. The smallest absolute Gasteiger partial charge is 0.174 e. The number of thiophene rings is 1. The minimum absolute atomic E-state index is 0.341. The fourth-order valence-corrected chi connectivity index (χ4v) is 4.39. The summed E-state index contributed by atoms with van der Waals surface area (Å²) in [4.78, 5) is 2.44. The normalized spacial score (nSPS) is 13.4. The van der Waals surface area contributed by atoms with E-state index in [4.69, 9.17) is 4.74 Å². The first-order chi connectivity index (χ1) is 11.1. The average Bonchev–Trinajstić information content (AvgIpc) is 3.11. The van der Waals surface area contributed by atoms with Crippen LogP contribution in [0.15, 0.2) is 35.1 Å². The predicted molar refractivity (Wildman–Crippen MR) is 96.1 cm³/mol. The molecule has 0 amide bonds. The van der Waals surface area contributed by atoms with E-state index < -0.39 is 0 Å². The zero-order valence-electron chi connectivity index (χ0n) is 12.9. The van der Waals surface area contributed by atoms with Gasteiger partial charge in [-0.1, -0.05) is 15.9 Å². The first-order valence-corrected chi connectivity index (χ1v) is 9.19. The van der Waals surface area contributed by atoms with Crippen molar-refractivity contribution < 1.29 is 4.74 Å². The standard InChI is InChI=1S/C17H16BrN3OS/c1-10(2)21-9-19-20-17(21)15-7-11-5-6-22-14-8-12(18)3-4-13(14)16(11)23-15/h3-4,7-10H,5-6H2,1-2H3. The Labute approximate surface area is 147 Å². The minimum atomic E-state index is 0.341. The highest BCUT2D eigenvalue weighted by atomic mass is 79.9. The number of rotatable bonds is 2. The molecule has 23 heavy (non-hydrogen) atoms. The van der Waals surface area contributed by atoms with Crippen molar-refractivity contribution in [3.8, 4) is 26.9 Å². The van der Waals surface area contributed by atoms with Gasteiger partial charge in [0.05, 0.1) is 11.5 Å². The van der Waals surface area contributed by atoms with E-state index in [0.29, 0.717) is 12.6 Å². The predicted octanol–water partition coefficient (Wildman–Crippen LogP) is 4.95. The number of fused-ring (bicyclic) bond motifs is 3. The number of hydrogen-bond acceptors (Lipinski definition) is 4. The number of benzene rings is 1. The second-order valence-corrected chi connectivity index (χ2v) is 7.83. The molecule has 0 atom stereocenters. The van der Waals surface area contributed by atoms with Crippen molar-refractivity contribution in [1.29, 1.82) is 0 Å². The molecule has 0 N–H and O–H groups in total. The zero-order valence-corrected chi connectivity index (χ0v) is 15.3. The molecule has 0 radical (unpaired) electrons. The van der Waals surface area contributed by atoms with Gasteiger partial charge in [-0.05, 0) is 43.7 Å². The van der Waals surface area contributed by atoms with Crippen LogP contribution in [0, 0.1) is 0 Å². The Morgan fingerprint density at radius 3 is 3.00 bits per heavy atom. The fourth-order valence-electron chi connectivity index (χ4n) is 2.82. The van der Waals surface area contributed by atoms with Crippen molar-refractivity contribution in [3.05, 3.63) is 40.6 Å². The molecule has 0 saturated carbocycles. The van der Waals surface area contributed by atoms with Gasteiger partial charge >= 0.3 is 0 Å². The highest BCUT2D eigenvalue weighted by Crippen LogP contribution is 2.44. The number of aromatic nitrogens is 3. The highest BCUT2D eigenvalue weighted by molar-refractivity contribution is 9.10. The summed E-state index contributed by atoms with van der Waals surface area (Å²) in [5.74, 6) is 1.88. The van der Waals surface area contributed by atoms with Gasteiger partial charge in [0.15, 0.2) is 5.82 Å². The first kappa shape index (κ1) is 14.9. The molecule has 6 heteroatoms. The molecule has 1 aliphatic rings. The van der Waals surface area contributed by atoms with Crippen molar-refractivity contribution in [2.24, 2.45) is 0 Å². The van der Waals surface area contributed by atoms with Crippen LogP contribution in [-0.2, 0) is 6.42 Å². The number of halogens is 1. The van der Waals surface area contributed by atoms with Crippen molar-refractivity contribution in [2.75, 3.05) is 6.61 Å². The van der Waals surface area contributed by atoms with Crippen LogP contribution in [-0.4, -0.2) is 21.4 Å². The summed E-state index contributed by atoms with van der Waals surface area (Å²) in [5, 5.41) is 8.42. The molecule has 0 spiro atoms. The summed E-state index contributed by atoms with van der Waals surface area (Å²) in [6.45, 7) is 4.99. The number of hydrogen-bond donors (Lipinski definition) is 0.